The molecule has 21 heteroatoms. The third-order valence-electron chi connectivity index (χ3n) is 9.97. The number of anilines is 2. The molecule has 1 aromatic carbocycles. The van der Waals surface area contributed by atoms with Gasteiger partial charge in [-0.25, -0.2) is 14.6 Å². The van der Waals surface area contributed by atoms with Gasteiger partial charge in [-0.2, -0.15) is 18.3 Å². The Labute approximate surface area is 343 Å². The minimum absolute atomic E-state index is 0.00691. The summed E-state index contributed by atoms with van der Waals surface area (Å²) in [7, 11) is 8.48. The van der Waals surface area contributed by atoms with E-state index in [1.165, 1.54) is 56.2 Å². The molecule has 4 amide bonds. The molecule has 3 N–H and O–H groups in total. The van der Waals surface area contributed by atoms with Gasteiger partial charge in [-0.1, -0.05) is 11.6 Å². The van der Waals surface area contributed by atoms with Gasteiger partial charge in [0.15, 0.2) is 17.3 Å². The van der Waals surface area contributed by atoms with E-state index in [1.807, 2.05) is 4.90 Å². The van der Waals surface area contributed by atoms with Gasteiger partial charge in [0.25, 0.3) is 18.3 Å². The van der Waals surface area contributed by atoms with Crippen LogP contribution in [0.3, 0.4) is 0 Å². The molecule has 1 atom stereocenters. The quantitative estimate of drug-likeness (QED) is 0.150. The number of rotatable bonds is 11. The number of halogens is 4. The molecule has 0 spiro atoms. The van der Waals surface area contributed by atoms with Crippen molar-refractivity contribution in [3.8, 4) is 17.1 Å². The maximum atomic E-state index is 14.2. The molecule has 2 aliphatic heterocycles. The van der Waals surface area contributed by atoms with Crippen LogP contribution in [0.4, 0.5) is 24.5 Å². The number of methoxy groups -OCH3 is 1. The van der Waals surface area contributed by atoms with Crippen LogP contribution in [0.2, 0.25) is 5.02 Å². The number of quaternary nitrogens is 1. The van der Waals surface area contributed by atoms with Crippen molar-refractivity contribution in [2.24, 2.45) is 13.0 Å². The van der Waals surface area contributed by atoms with Crippen LogP contribution in [0.25, 0.3) is 17.1 Å². The van der Waals surface area contributed by atoms with Crippen LogP contribution in [0.5, 0.6) is 0 Å². The molecule has 5 heterocycles. The Hall–Kier alpha value is -6.02. The van der Waals surface area contributed by atoms with Gasteiger partial charge >= 0.3 is 6.18 Å². The van der Waals surface area contributed by atoms with Crippen molar-refractivity contribution >= 4 is 53.1 Å². The molecular formula is C38H46ClF3N11O6+. The van der Waals surface area contributed by atoms with E-state index >= 15 is 0 Å². The van der Waals surface area contributed by atoms with Crippen molar-refractivity contribution in [1.82, 2.24) is 39.4 Å². The highest BCUT2D eigenvalue weighted by molar-refractivity contribution is 6.34. The first-order valence-electron chi connectivity index (χ1n) is 18.5. The van der Waals surface area contributed by atoms with Gasteiger partial charge in [0.2, 0.25) is 11.8 Å². The summed E-state index contributed by atoms with van der Waals surface area (Å²) < 4.78 is 49.5. The zero-order valence-electron chi connectivity index (χ0n) is 33.2. The van der Waals surface area contributed by atoms with E-state index in [-0.39, 0.29) is 69.2 Å². The molecule has 17 nitrogen and oxygen atoms in total. The Morgan fingerprint density at radius 3 is 2.27 bits per heavy atom. The highest BCUT2D eigenvalue weighted by Crippen LogP contribution is 2.37. The first kappa shape index (κ1) is 44.1. The van der Waals surface area contributed by atoms with E-state index in [1.54, 1.807) is 11.0 Å². The number of amides is 4. The summed E-state index contributed by atoms with van der Waals surface area (Å²) in [6, 6.07) is 7.49. The van der Waals surface area contributed by atoms with Crippen molar-refractivity contribution < 1.29 is 46.4 Å². The second-order valence-corrected chi connectivity index (χ2v) is 14.9. The fraction of sp³-hybridized carbons (Fsp3) is 0.421. The average Bonchev–Trinajstić information content (AvgIpc) is 3.94. The van der Waals surface area contributed by atoms with E-state index in [9.17, 15) is 32.3 Å². The third-order valence-corrected chi connectivity index (χ3v) is 10.3. The number of carbonyl (C=O) groups is 5. The molecule has 2 aliphatic rings. The van der Waals surface area contributed by atoms with Gasteiger partial charge in [0.05, 0.1) is 80.1 Å². The lowest BCUT2D eigenvalue weighted by Gasteiger charge is -2.36. The molecule has 59 heavy (non-hydrogen) atoms. The molecule has 316 valence electrons. The molecule has 4 aromatic rings. The smallest absolute Gasteiger partial charge is 0.435 e. The van der Waals surface area contributed by atoms with Crippen molar-refractivity contribution in [1.29, 1.82) is 0 Å². The normalized spacial score (nSPS) is 16.1. The maximum Gasteiger partial charge on any atom is 0.435 e. The van der Waals surface area contributed by atoms with Gasteiger partial charge in [0, 0.05) is 71.5 Å². The SMILES string of the molecule is CNC(=O)CCNc1ccc(-n2cc(-c3cnc(C(=O)Nc4ccc(C(=O)N5CCN(C(=O)C6CC[N+](C)(C)C6)CC5)c(Cl)c4)n3C)c(C(F)(F)F)n2)nc1.COC=O. The Morgan fingerprint density at radius 2 is 1.69 bits per heavy atom. The highest BCUT2D eigenvalue weighted by atomic mass is 35.5. The van der Waals surface area contributed by atoms with Gasteiger partial charge in [-0.3, -0.25) is 24.0 Å². The lowest BCUT2D eigenvalue weighted by Crippen LogP contribution is -2.52. The second kappa shape index (κ2) is 18.7. The lowest BCUT2D eigenvalue weighted by molar-refractivity contribution is -0.878. The van der Waals surface area contributed by atoms with E-state index in [0.29, 0.717) is 44.9 Å². The van der Waals surface area contributed by atoms with Crippen LogP contribution >= 0.6 is 11.6 Å². The third kappa shape index (κ3) is 10.7. The molecule has 3 aromatic heterocycles. The summed E-state index contributed by atoms with van der Waals surface area (Å²) in [6.45, 7) is 4.06. The predicted molar refractivity (Wildman–Crippen MR) is 211 cm³/mol. The summed E-state index contributed by atoms with van der Waals surface area (Å²) in [5, 5.41) is 12.0. The number of imidazole rings is 1. The molecule has 1 unspecified atom stereocenters. The van der Waals surface area contributed by atoms with E-state index in [4.69, 9.17) is 16.4 Å². The van der Waals surface area contributed by atoms with Crippen molar-refractivity contribution in [2.75, 3.05) is 84.7 Å². The lowest BCUT2D eigenvalue weighted by atomic mass is 10.1. The summed E-state index contributed by atoms with van der Waals surface area (Å²) in [5.74, 6) is -1.14. The minimum atomic E-state index is -4.85. The zero-order valence-corrected chi connectivity index (χ0v) is 33.9. The number of piperazine rings is 1. The zero-order chi connectivity index (χ0) is 43.1. The molecule has 0 radical (unpaired) electrons. The predicted octanol–water partition coefficient (Wildman–Crippen LogP) is 3.31. The van der Waals surface area contributed by atoms with Crippen LogP contribution < -0.4 is 16.0 Å². The number of pyridine rings is 1. The van der Waals surface area contributed by atoms with Crippen molar-refractivity contribution in [3.63, 3.8) is 0 Å². The Kier molecular flexibility index (Phi) is 14.0. The molecule has 6 rings (SSSR count). The van der Waals surface area contributed by atoms with Crippen LogP contribution in [-0.2, 0) is 32.3 Å². The largest absolute Gasteiger partial charge is 0.471 e. The van der Waals surface area contributed by atoms with E-state index in [2.05, 4.69) is 49.8 Å². The monoisotopic (exact) mass is 844 g/mol. The van der Waals surface area contributed by atoms with Crippen molar-refractivity contribution in [3.05, 3.63) is 71.0 Å². The number of aromatic nitrogens is 5. The number of likely N-dealkylation sites (tertiary alicyclic amines) is 1. The van der Waals surface area contributed by atoms with Gasteiger partial charge < -0.3 is 39.5 Å². The topological polar surface area (TPSA) is 186 Å². The van der Waals surface area contributed by atoms with Gasteiger partial charge in [0.1, 0.15) is 0 Å². The summed E-state index contributed by atoms with van der Waals surface area (Å²) in [4.78, 5) is 71.9. The average molecular weight is 845 g/mol. The number of alkyl halides is 3. The first-order valence-corrected chi connectivity index (χ1v) is 18.9. The molecule has 0 aliphatic carbocycles. The Bertz CT molecular complexity index is 2170. The molecule has 0 saturated carbocycles. The number of ether oxygens (including phenoxy) is 1. The van der Waals surface area contributed by atoms with Crippen molar-refractivity contribution in [2.45, 2.75) is 19.0 Å². The number of hydrogen-bond donors (Lipinski definition) is 3. The molecule has 0 bridgehead atoms. The Morgan fingerprint density at radius 1 is 1.02 bits per heavy atom. The molecule has 2 fully saturated rings. The maximum absolute atomic E-state index is 14.2. The summed E-state index contributed by atoms with van der Waals surface area (Å²) >= 11 is 6.52. The fourth-order valence-corrected chi connectivity index (χ4v) is 7.09. The molecular weight excluding hydrogens is 799 g/mol. The van der Waals surface area contributed by atoms with Crippen LogP contribution in [0.1, 0.15) is 39.5 Å². The van der Waals surface area contributed by atoms with E-state index in [0.717, 1.165) is 41.1 Å². The number of hydrogen-bond acceptors (Lipinski definition) is 10. The minimum Gasteiger partial charge on any atom is -0.471 e. The number of benzene rings is 1. The number of nitrogens with one attached hydrogen (secondary N) is 3. The van der Waals surface area contributed by atoms with Crippen LogP contribution in [0, 0.1) is 5.92 Å². The first-order chi connectivity index (χ1) is 28.0. The van der Waals surface area contributed by atoms with Gasteiger partial charge in [-0.15, -0.1) is 0 Å². The Balaban J connectivity index is 0.00000158. The van der Waals surface area contributed by atoms with E-state index < -0.39 is 17.8 Å². The standard InChI is InChI=1S/C36H41ClF3N11O4.C2H4O2/c1-41-30(52)9-11-42-24-6-8-29(43-18-24)50-20-26(31(46-50)36(38,39)40)28-19-44-32(47(28)2)33(53)45-23-5-7-25(27(37)17-23)35(55)49-14-12-48(13-15-49)34(54)22-10-16-51(3,4)21-22;1-4-2-3/h5-8,17-20,22,42H,9-16,21H2,1-4H3,(H-,41,45,52,53,55);2H,1H3/p+1. The van der Waals surface area contributed by atoms with Crippen LogP contribution in [0.15, 0.2) is 48.9 Å². The van der Waals surface area contributed by atoms with Gasteiger partial charge in [-0.05, 0) is 30.3 Å². The summed E-state index contributed by atoms with van der Waals surface area (Å²) in [5.41, 5.74) is -0.518. The number of nitrogens with zero attached hydrogens (tertiary/aromatic N) is 8. The fourth-order valence-electron chi connectivity index (χ4n) is 6.83. The highest BCUT2D eigenvalue weighted by Gasteiger charge is 2.40. The number of carbonyl (C=O) groups excluding carboxylic acids is 5. The van der Waals surface area contributed by atoms with Crippen LogP contribution in [-0.4, -0.2) is 143 Å². The summed E-state index contributed by atoms with van der Waals surface area (Å²) in [6.07, 6.45) is -0.0468. The molecule has 2 saturated heterocycles. The second-order valence-electron chi connectivity index (χ2n) is 14.5.